The number of pyridine rings is 1. The van der Waals surface area contributed by atoms with Gasteiger partial charge in [-0.15, -0.1) is 0 Å². The number of fused-ring (bicyclic) bond motifs is 1. The Morgan fingerprint density at radius 3 is 2.77 bits per heavy atom. The standard InChI is InChI=1S/C24H32N6O3S2/c1-15-12-18(30(27-15)20-6-4-5-10-33-20)21-22-23(34-28-21)17(24(7-8-24)35(3,25)31)13-19(26-22)29-9-11-32-14-16(29)2/h12-13,16,20,25H,4-11,14H2,1-3H3/t16-,20?,35?/m1/s1. The number of rotatable bonds is 5. The maximum absolute atomic E-state index is 13.2. The van der Waals surface area contributed by atoms with Crippen molar-refractivity contribution in [1.82, 2.24) is 19.1 Å². The molecule has 0 radical (unpaired) electrons. The number of ether oxygens (including phenoxy) is 2. The van der Waals surface area contributed by atoms with Gasteiger partial charge in [-0.2, -0.15) is 9.47 Å². The Balaban J connectivity index is 1.56. The molecule has 3 aromatic rings. The van der Waals surface area contributed by atoms with E-state index in [1.165, 1.54) is 11.5 Å². The molecule has 2 unspecified atom stereocenters. The van der Waals surface area contributed by atoms with Crippen molar-refractivity contribution in [3.05, 3.63) is 23.4 Å². The van der Waals surface area contributed by atoms with Gasteiger partial charge in [-0.05, 0) is 75.2 Å². The molecular formula is C24H32N6O3S2. The summed E-state index contributed by atoms with van der Waals surface area (Å²) in [5, 5.41) is 4.77. The average molecular weight is 517 g/mol. The van der Waals surface area contributed by atoms with Gasteiger partial charge in [0.25, 0.3) is 0 Å². The zero-order valence-electron chi connectivity index (χ0n) is 20.5. The van der Waals surface area contributed by atoms with Gasteiger partial charge in [0.15, 0.2) is 6.23 Å². The van der Waals surface area contributed by atoms with Crippen LogP contribution in [0.3, 0.4) is 0 Å². The summed E-state index contributed by atoms with van der Waals surface area (Å²) < 4.78 is 40.6. The number of nitrogens with zero attached hydrogens (tertiary/aromatic N) is 5. The Labute approximate surface area is 210 Å². The Morgan fingerprint density at radius 2 is 2.09 bits per heavy atom. The second-order valence-electron chi connectivity index (χ2n) is 10.1. The van der Waals surface area contributed by atoms with Crippen LogP contribution in [0.5, 0.6) is 0 Å². The lowest BCUT2D eigenvalue weighted by Crippen LogP contribution is -2.44. The van der Waals surface area contributed by atoms with Gasteiger partial charge >= 0.3 is 0 Å². The van der Waals surface area contributed by atoms with E-state index in [1.54, 1.807) is 6.26 Å². The lowest BCUT2D eigenvalue weighted by molar-refractivity contribution is -0.0385. The number of nitrogens with one attached hydrogen (secondary N) is 1. The number of hydrogen-bond acceptors (Lipinski definition) is 9. The van der Waals surface area contributed by atoms with Crippen molar-refractivity contribution in [2.45, 2.75) is 63.0 Å². The highest BCUT2D eigenvalue weighted by atomic mass is 32.2. The van der Waals surface area contributed by atoms with E-state index >= 15 is 0 Å². The minimum Gasteiger partial charge on any atom is -0.377 e. The molecule has 1 aliphatic carbocycles. The highest BCUT2D eigenvalue weighted by molar-refractivity contribution is 7.93. The van der Waals surface area contributed by atoms with E-state index in [4.69, 9.17) is 28.7 Å². The average Bonchev–Trinajstić information content (AvgIpc) is 3.43. The van der Waals surface area contributed by atoms with Crippen LogP contribution >= 0.6 is 11.5 Å². The van der Waals surface area contributed by atoms with Crippen LogP contribution < -0.4 is 4.90 Å². The first kappa shape index (κ1) is 23.3. The summed E-state index contributed by atoms with van der Waals surface area (Å²) in [5.41, 5.74) is 4.36. The minimum absolute atomic E-state index is 0.108. The molecule has 0 bridgehead atoms. The molecule has 2 aliphatic heterocycles. The molecule has 1 saturated carbocycles. The summed E-state index contributed by atoms with van der Waals surface area (Å²) in [4.78, 5) is 7.41. The smallest absolute Gasteiger partial charge is 0.150 e. The zero-order valence-corrected chi connectivity index (χ0v) is 22.1. The number of hydrogen-bond donors (Lipinski definition) is 1. The molecule has 188 valence electrons. The number of morpholine rings is 1. The highest BCUT2D eigenvalue weighted by Gasteiger charge is 2.53. The molecule has 0 aromatic carbocycles. The molecule has 6 rings (SSSR count). The third kappa shape index (κ3) is 3.87. The summed E-state index contributed by atoms with van der Waals surface area (Å²) in [7, 11) is -2.80. The first-order valence-electron chi connectivity index (χ1n) is 12.4. The molecule has 2 saturated heterocycles. The SMILES string of the molecule is Cc1cc(-c2nsc3c(C4(S(C)(=N)=O)CC4)cc(N4CCOC[C@H]4C)nc23)n(C2CCCCO2)n1. The fourth-order valence-electron chi connectivity index (χ4n) is 5.44. The maximum Gasteiger partial charge on any atom is 0.150 e. The number of aryl methyl sites for hydroxylation is 1. The quantitative estimate of drug-likeness (QED) is 0.534. The van der Waals surface area contributed by atoms with Crippen molar-refractivity contribution >= 4 is 37.3 Å². The lowest BCUT2D eigenvalue weighted by Gasteiger charge is -2.35. The van der Waals surface area contributed by atoms with Gasteiger partial charge in [-0.25, -0.2) is 13.9 Å². The lowest BCUT2D eigenvalue weighted by atomic mass is 10.1. The van der Waals surface area contributed by atoms with Gasteiger partial charge in [0.2, 0.25) is 0 Å². The Morgan fingerprint density at radius 1 is 1.26 bits per heavy atom. The van der Waals surface area contributed by atoms with Gasteiger partial charge in [0, 0.05) is 19.4 Å². The van der Waals surface area contributed by atoms with Gasteiger partial charge in [-0.1, -0.05) is 0 Å². The van der Waals surface area contributed by atoms with Crippen LogP contribution in [0, 0.1) is 11.7 Å². The predicted octanol–water partition coefficient (Wildman–Crippen LogP) is 4.45. The van der Waals surface area contributed by atoms with E-state index in [0.717, 1.165) is 83.9 Å². The zero-order chi connectivity index (χ0) is 24.4. The predicted molar refractivity (Wildman–Crippen MR) is 138 cm³/mol. The Bertz CT molecular complexity index is 1370. The monoisotopic (exact) mass is 516 g/mol. The molecule has 11 heteroatoms. The van der Waals surface area contributed by atoms with E-state index in [0.29, 0.717) is 13.2 Å². The molecule has 0 spiro atoms. The third-order valence-corrected chi connectivity index (χ3v) is 10.5. The number of aromatic nitrogens is 4. The number of anilines is 1. The minimum atomic E-state index is -2.80. The fourth-order valence-corrected chi connectivity index (χ4v) is 7.91. The maximum atomic E-state index is 13.2. The summed E-state index contributed by atoms with van der Waals surface area (Å²) in [5.74, 6) is 0.844. The molecule has 35 heavy (non-hydrogen) atoms. The van der Waals surface area contributed by atoms with E-state index in [1.807, 2.05) is 11.6 Å². The Hall–Kier alpha value is -2.08. The van der Waals surface area contributed by atoms with Crippen molar-refractivity contribution in [1.29, 1.82) is 4.78 Å². The summed E-state index contributed by atoms with van der Waals surface area (Å²) in [6, 6.07) is 4.30. The fraction of sp³-hybridized carbons (Fsp3) is 0.625. The molecular weight excluding hydrogens is 484 g/mol. The summed E-state index contributed by atoms with van der Waals surface area (Å²) >= 11 is 1.39. The summed E-state index contributed by atoms with van der Waals surface area (Å²) in [6.07, 6.45) is 6.08. The van der Waals surface area contributed by atoms with Crippen LogP contribution in [0.25, 0.3) is 21.6 Å². The molecule has 3 atom stereocenters. The van der Waals surface area contributed by atoms with Crippen LogP contribution in [-0.2, 0) is 23.9 Å². The second-order valence-corrected chi connectivity index (χ2v) is 13.4. The van der Waals surface area contributed by atoms with Crippen molar-refractivity contribution in [3.63, 3.8) is 0 Å². The largest absolute Gasteiger partial charge is 0.377 e. The molecule has 9 nitrogen and oxygen atoms in total. The molecule has 3 aliphatic rings. The van der Waals surface area contributed by atoms with Crippen LogP contribution in [0.2, 0.25) is 0 Å². The Kier molecular flexibility index (Phi) is 5.66. The highest BCUT2D eigenvalue weighted by Crippen LogP contribution is 2.56. The van der Waals surface area contributed by atoms with Crippen LogP contribution in [0.4, 0.5) is 5.82 Å². The van der Waals surface area contributed by atoms with E-state index in [2.05, 4.69) is 24.0 Å². The van der Waals surface area contributed by atoms with Crippen molar-refractivity contribution in [2.75, 3.05) is 37.5 Å². The third-order valence-electron chi connectivity index (χ3n) is 7.54. The molecule has 0 amide bonds. The van der Waals surface area contributed by atoms with Crippen molar-refractivity contribution in [2.24, 2.45) is 0 Å². The van der Waals surface area contributed by atoms with Crippen LogP contribution in [0.1, 0.15) is 56.5 Å². The second kappa shape index (κ2) is 8.50. The molecule has 3 fully saturated rings. The van der Waals surface area contributed by atoms with Gasteiger partial charge in [0.05, 0.1) is 49.8 Å². The van der Waals surface area contributed by atoms with E-state index in [9.17, 15) is 4.21 Å². The van der Waals surface area contributed by atoms with Crippen LogP contribution in [-0.4, -0.2) is 62.0 Å². The topological polar surface area (TPSA) is 106 Å². The van der Waals surface area contributed by atoms with Gasteiger partial charge in [0.1, 0.15) is 17.0 Å². The van der Waals surface area contributed by atoms with Crippen molar-refractivity contribution in [3.8, 4) is 11.4 Å². The first-order valence-corrected chi connectivity index (χ1v) is 15.1. The molecule has 3 aromatic heterocycles. The van der Waals surface area contributed by atoms with E-state index < -0.39 is 14.5 Å². The molecule has 5 heterocycles. The van der Waals surface area contributed by atoms with Gasteiger partial charge < -0.3 is 14.4 Å². The van der Waals surface area contributed by atoms with Gasteiger partial charge in [-0.3, -0.25) is 4.78 Å². The summed E-state index contributed by atoms with van der Waals surface area (Å²) in [6.45, 7) is 6.89. The molecule has 1 N–H and O–H groups in total. The normalized spacial score (nSPS) is 26.1. The van der Waals surface area contributed by atoms with E-state index in [-0.39, 0.29) is 12.3 Å². The van der Waals surface area contributed by atoms with Crippen molar-refractivity contribution < 1.29 is 13.7 Å². The first-order chi connectivity index (χ1) is 16.8. The van der Waals surface area contributed by atoms with Crippen LogP contribution in [0.15, 0.2) is 12.1 Å².